The number of carbonyl (C=O) groups excluding carboxylic acids is 2. The lowest BCUT2D eigenvalue weighted by Gasteiger charge is -2.14. The summed E-state index contributed by atoms with van der Waals surface area (Å²) in [5.41, 5.74) is 11.2. The van der Waals surface area contributed by atoms with Crippen molar-refractivity contribution >= 4 is 40.6 Å². The minimum absolute atomic E-state index is 0.0992. The number of fused-ring (bicyclic) bond motifs is 1. The molecule has 10 nitrogen and oxygen atoms in total. The molecular weight excluding hydrogens is 310 g/mol. The number of hydrogen-bond acceptors (Lipinski definition) is 8. The highest BCUT2D eigenvalue weighted by atomic mass is 32.2. The molecule has 0 saturated heterocycles. The predicted octanol–water partition coefficient (Wildman–Crippen LogP) is -1.18. The Hall–Kier alpha value is -2.24. The van der Waals surface area contributed by atoms with Gasteiger partial charge in [0.1, 0.15) is 11.6 Å². The number of anilines is 1. The SMILES string of the molecule is CSc1nc(NC(=O)C(N)C(C)O)c2[nH]c(C(N)=O)nc2n1. The lowest BCUT2D eigenvalue weighted by molar-refractivity contribution is -0.119. The third-order valence-electron chi connectivity index (χ3n) is 2.81. The maximum absolute atomic E-state index is 11.9. The third-order valence-corrected chi connectivity index (χ3v) is 3.36. The Morgan fingerprint density at radius 1 is 1.36 bits per heavy atom. The molecule has 0 fully saturated rings. The number of amides is 2. The molecule has 11 heteroatoms. The van der Waals surface area contributed by atoms with E-state index in [9.17, 15) is 14.7 Å². The molecule has 22 heavy (non-hydrogen) atoms. The molecule has 2 aromatic heterocycles. The van der Waals surface area contributed by atoms with Crippen molar-refractivity contribution in [2.75, 3.05) is 11.6 Å². The summed E-state index contributed by atoms with van der Waals surface area (Å²) in [6.07, 6.45) is 0.718. The van der Waals surface area contributed by atoms with Crippen LogP contribution in [0.3, 0.4) is 0 Å². The fourth-order valence-electron chi connectivity index (χ4n) is 1.59. The van der Waals surface area contributed by atoms with E-state index in [2.05, 4.69) is 25.3 Å². The summed E-state index contributed by atoms with van der Waals surface area (Å²) >= 11 is 1.23. The Kier molecular flexibility index (Phi) is 4.59. The fraction of sp³-hybridized carbons (Fsp3) is 0.364. The summed E-state index contributed by atoms with van der Waals surface area (Å²) in [5.74, 6) is -1.38. The summed E-state index contributed by atoms with van der Waals surface area (Å²) < 4.78 is 0. The Bertz CT molecular complexity index is 730. The van der Waals surface area contributed by atoms with Crippen LogP contribution in [0.15, 0.2) is 5.16 Å². The number of nitrogens with zero attached hydrogens (tertiary/aromatic N) is 3. The number of carbonyl (C=O) groups is 2. The Labute approximate surface area is 129 Å². The van der Waals surface area contributed by atoms with Crippen LogP contribution in [0.5, 0.6) is 0 Å². The molecule has 2 unspecified atom stereocenters. The number of nitrogens with one attached hydrogen (secondary N) is 2. The highest BCUT2D eigenvalue weighted by Gasteiger charge is 2.22. The van der Waals surface area contributed by atoms with E-state index in [1.165, 1.54) is 18.7 Å². The van der Waals surface area contributed by atoms with Gasteiger partial charge < -0.3 is 26.9 Å². The van der Waals surface area contributed by atoms with Gasteiger partial charge in [0, 0.05) is 0 Å². The Morgan fingerprint density at radius 3 is 2.59 bits per heavy atom. The number of thioether (sulfide) groups is 1. The molecule has 2 aromatic rings. The van der Waals surface area contributed by atoms with Gasteiger partial charge in [-0.05, 0) is 13.2 Å². The number of aromatic amines is 1. The monoisotopic (exact) mass is 325 g/mol. The molecule has 7 N–H and O–H groups in total. The summed E-state index contributed by atoms with van der Waals surface area (Å²) in [7, 11) is 0. The van der Waals surface area contributed by atoms with Crippen molar-refractivity contribution in [1.82, 2.24) is 19.9 Å². The van der Waals surface area contributed by atoms with Crippen molar-refractivity contribution in [2.24, 2.45) is 11.5 Å². The van der Waals surface area contributed by atoms with Crippen LogP contribution >= 0.6 is 11.8 Å². The Balaban J connectivity index is 2.46. The number of hydrogen-bond donors (Lipinski definition) is 5. The molecule has 118 valence electrons. The van der Waals surface area contributed by atoms with Crippen molar-refractivity contribution < 1.29 is 14.7 Å². The number of aliphatic hydroxyl groups is 1. The van der Waals surface area contributed by atoms with Crippen molar-refractivity contribution in [3.05, 3.63) is 5.82 Å². The zero-order chi connectivity index (χ0) is 16.4. The van der Waals surface area contributed by atoms with Gasteiger partial charge in [-0.1, -0.05) is 11.8 Å². The highest BCUT2D eigenvalue weighted by molar-refractivity contribution is 7.98. The maximum Gasteiger partial charge on any atom is 0.284 e. The number of aliphatic hydroxyl groups excluding tert-OH is 1. The van der Waals surface area contributed by atoms with Crippen molar-refractivity contribution in [1.29, 1.82) is 0 Å². The molecule has 0 aliphatic heterocycles. The first-order chi connectivity index (χ1) is 10.3. The van der Waals surface area contributed by atoms with Gasteiger partial charge in [-0.2, -0.15) is 0 Å². The molecular formula is C11H15N7O3S. The molecule has 0 bridgehead atoms. The lowest BCUT2D eigenvalue weighted by atomic mass is 10.2. The van der Waals surface area contributed by atoms with Crippen molar-refractivity contribution in [3.63, 3.8) is 0 Å². The van der Waals surface area contributed by atoms with Gasteiger partial charge in [-0.25, -0.2) is 15.0 Å². The van der Waals surface area contributed by atoms with Crippen LogP contribution in [0.1, 0.15) is 17.5 Å². The number of aromatic nitrogens is 4. The minimum Gasteiger partial charge on any atom is -0.391 e. The standard InChI is InChI=1S/C11H15N7O3S/c1-3(19)4(12)10(21)16-8-5-7(17-11(18-8)22-2)15-9(14-5)6(13)20/h3-4,19H,12H2,1-2H3,(H2,13,20)(H2,14,15,16,17,18,21). The van der Waals surface area contributed by atoms with Gasteiger partial charge in [0.2, 0.25) is 5.91 Å². The van der Waals surface area contributed by atoms with Crippen LogP contribution in [0.25, 0.3) is 11.2 Å². The topological polar surface area (TPSA) is 173 Å². The van der Waals surface area contributed by atoms with Gasteiger partial charge >= 0.3 is 0 Å². The molecule has 0 aromatic carbocycles. The maximum atomic E-state index is 11.9. The lowest BCUT2D eigenvalue weighted by Crippen LogP contribution is -2.43. The molecule has 2 heterocycles. The average Bonchev–Trinajstić information content (AvgIpc) is 2.90. The summed E-state index contributed by atoms with van der Waals surface area (Å²) in [6, 6.07) is -1.12. The van der Waals surface area contributed by atoms with E-state index in [-0.39, 0.29) is 22.8 Å². The van der Waals surface area contributed by atoms with Crippen LogP contribution in [-0.2, 0) is 4.79 Å². The van der Waals surface area contributed by atoms with Crippen LogP contribution in [0.4, 0.5) is 5.82 Å². The van der Waals surface area contributed by atoms with Crippen molar-refractivity contribution in [2.45, 2.75) is 24.2 Å². The normalized spacial score (nSPS) is 13.8. The average molecular weight is 325 g/mol. The zero-order valence-electron chi connectivity index (χ0n) is 11.8. The number of imidazole rings is 1. The van der Waals surface area contributed by atoms with Gasteiger partial charge in [-0.15, -0.1) is 0 Å². The first-order valence-electron chi connectivity index (χ1n) is 6.19. The van der Waals surface area contributed by atoms with Crippen molar-refractivity contribution in [3.8, 4) is 0 Å². The quantitative estimate of drug-likeness (QED) is 0.337. The van der Waals surface area contributed by atoms with Crippen LogP contribution in [-0.4, -0.2) is 55.3 Å². The third kappa shape index (κ3) is 3.16. The van der Waals surface area contributed by atoms with Gasteiger partial charge in [-0.3, -0.25) is 9.59 Å². The largest absolute Gasteiger partial charge is 0.391 e. The first-order valence-corrected chi connectivity index (χ1v) is 7.42. The van der Waals surface area contributed by atoms with E-state index in [4.69, 9.17) is 11.5 Å². The molecule has 0 saturated carbocycles. The second kappa shape index (κ2) is 6.25. The zero-order valence-corrected chi connectivity index (χ0v) is 12.6. The van der Waals surface area contributed by atoms with E-state index in [1.807, 2.05) is 0 Å². The number of primary amides is 1. The van der Waals surface area contributed by atoms with Gasteiger partial charge in [0.05, 0.1) is 6.10 Å². The van der Waals surface area contributed by atoms with Gasteiger partial charge in [0.25, 0.3) is 5.91 Å². The molecule has 2 amide bonds. The predicted molar refractivity (Wildman–Crippen MR) is 80.3 cm³/mol. The summed E-state index contributed by atoms with van der Waals surface area (Å²) in [6.45, 7) is 1.40. The highest BCUT2D eigenvalue weighted by Crippen LogP contribution is 2.22. The van der Waals surface area contributed by atoms with Crippen LogP contribution in [0, 0.1) is 0 Å². The number of rotatable bonds is 5. The second-order valence-corrected chi connectivity index (χ2v) is 5.24. The van der Waals surface area contributed by atoms with Gasteiger partial charge in [0.15, 0.2) is 22.4 Å². The first kappa shape index (κ1) is 16.1. The number of nitrogens with two attached hydrogens (primary N) is 2. The van der Waals surface area contributed by atoms with Crippen LogP contribution < -0.4 is 16.8 Å². The summed E-state index contributed by atoms with van der Waals surface area (Å²) in [4.78, 5) is 38.0. The van der Waals surface area contributed by atoms with E-state index < -0.39 is 24.0 Å². The molecule has 0 spiro atoms. The molecule has 0 aliphatic carbocycles. The fourth-order valence-corrected chi connectivity index (χ4v) is 1.96. The molecule has 2 rings (SSSR count). The summed E-state index contributed by atoms with van der Waals surface area (Å²) in [5, 5.41) is 12.2. The van der Waals surface area contributed by atoms with E-state index in [0.29, 0.717) is 5.16 Å². The number of H-pyrrole nitrogens is 1. The second-order valence-electron chi connectivity index (χ2n) is 4.46. The molecule has 0 radical (unpaired) electrons. The van der Waals surface area contributed by atoms with E-state index >= 15 is 0 Å². The molecule has 0 aliphatic rings. The Morgan fingerprint density at radius 2 is 2.05 bits per heavy atom. The molecule has 2 atom stereocenters. The van der Waals surface area contributed by atoms with E-state index in [1.54, 1.807) is 6.26 Å². The minimum atomic E-state index is -1.12. The van der Waals surface area contributed by atoms with Crippen LogP contribution in [0.2, 0.25) is 0 Å². The van der Waals surface area contributed by atoms with E-state index in [0.717, 1.165) is 0 Å². The smallest absolute Gasteiger partial charge is 0.284 e.